The van der Waals surface area contributed by atoms with Gasteiger partial charge < -0.3 is 4.57 Å². The second kappa shape index (κ2) is 7.18. The van der Waals surface area contributed by atoms with Gasteiger partial charge in [-0.3, -0.25) is 4.79 Å². The molecule has 3 rings (SSSR count). The summed E-state index contributed by atoms with van der Waals surface area (Å²) in [6.07, 6.45) is 0. The van der Waals surface area contributed by atoms with Crippen molar-refractivity contribution in [2.24, 2.45) is 0 Å². The van der Waals surface area contributed by atoms with Gasteiger partial charge in [-0.05, 0) is 44.0 Å². The Morgan fingerprint density at radius 1 is 0.667 bits per heavy atom. The van der Waals surface area contributed by atoms with E-state index in [4.69, 9.17) is 0 Å². The van der Waals surface area contributed by atoms with Gasteiger partial charge in [0.15, 0.2) is 0 Å². The minimum Gasteiger partial charge on any atom is -0.305 e. The second-order valence-electron chi connectivity index (χ2n) is 5.18. The second-order valence-corrected chi connectivity index (χ2v) is 9.55. The summed E-state index contributed by atoms with van der Waals surface area (Å²) in [5, 5.41) is 1.06. The number of hydrogen-bond donors (Lipinski definition) is 0. The summed E-state index contributed by atoms with van der Waals surface area (Å²) < 4.78 is 15.3. The molecule has 0 aliphatic heterocycles. The average Bonchev–Trinajstić information content (AvgIpc) is 2.62. The van der Waals surface area contributed by atoms with Crippen LogP contribution in [-0.4, -0.2) is 5.52 Å². The fourth-order valence-corrected chi connectivity index (χ4v) is 6.69. The van der Waals surface area contributed by atoms with Gasteiger partial charge in [0.25, 0.3) is 0 Å². The van der Waals surface area contributed by atoms with E-state index in [0.717, 1.165) is 0 Å². The summed E-state index contributed by atoms with van der Waals surface area (Å²) in [6, 6.07) is 23.2. The summed E-state index contributed by atoms with van der Waals surface area (Å²) in [4.78, 5) is 13.4. The average molecular weight is 464 g/mol. The predicted molar refractivity (Wildman–Crippen MR) is 106 cm³/mol. The molecule has 0 radical (unpaired) electrons. The highest BCUT2D eigenvalue weighted by atomic mass is 79.9. The Kier molecular flexibility index (Phi) is 5.19. The summed E-state index contributed by atoms with van der Waals surface area (Å²) in [7, 11) is -3.49. The molecule has 120 valence electrons. The first kappa shape index (κ1) is 17.3. The highest BCUT2D eigenvalue weighted by Crippen LogP contribution is 2.49. The minimum atomic E-state index is -3.49. The molecule has 0 aromatic heterocycles. The van der Waals surface area contributed by atoms with Crippen molar-refractivity contribution in [3.8, 4) is 0 Å². The number of halogens is 2. The summed E-state index contributed by atoms with van der Waals surface area (Å²) in [5.74, 6) is 0. The van der Waals surface area contributed by atoms with Crippen molar-refractivity contribution in [2.75, 3.05) is 0 Å². The zero-order valence-electron chi connectivity index (χ0n) is 12.5. The maximum absolute atomic E-state index is 14.0. The Labute approximate surface area is 157 Å². The van der Waals surface area contributed by atoms with Crippen LogP contribution in [0.4, 0.5) is 0 Å². The third-order valence-corrected chi connectivity index (χ3v) is 7.87. The van der Waals surface area contributed by atoms with Crippen molar-refractivity contribution >= 4 is 55.1 Å². The maximum atomic E-state index is 14.0. The molecule has 0 unspecified atom stereocenters. The monoisotopic (exact) mass is 462 g/mol. The molecule has 0 spiro atoms. The Hall–Kier alpha value is -1.48. The van der Waals surface area contributed by atoms with E-state index in [0.29, 0.717) is 25.1 Å². The van der Waals surface area contributed by atoms with Gasteiger partial charge in [-0.25, -0.2) is 0 Å². The molecule has 0 heterocycles. The smallest absolute Gasteiger partial charge is 0.232 e. The molecule has 2 nitrogen and oxygen atoms in total. The summed E-state index contributed by atoms with van der Waals surface area (Å²) in [5.41, 5.74) is 0.00721. The van der Waals surface area contributed by atoms with E-state index in [-0.39, 0.29) is 5.52 Å². The molecule has 0 aliphatic rings. The third-order valence-electron chi connectivity index (χ3n) is 3.70. The normalized spacial score (nSPS) is 11.2. The number of carbonyl (C=O) groups excluding carboxylic acids is 1. The van der Waals surface area contributed by atoms with Gasteiger partial charge in [-0.2, -0.15) is 0 Å². The van der Waals surface area contributed by atoms with E-state index in [2.05, 4.69) is 31.9 Å². The molecule has 0 saturated carbocycles. The highest BCUT2D eigenvalue weighted by molar-refractivity contribution is 9.11. The fraction of sp³-hybridized carbons (Fsp3) is 0. The molecule has 24 heavy (non-hydrogen) atoms. The maximum Gasteiger partial charge on any atom is 0.232 e. The van der Waals surface area contributed by atoms with E-state index < -0.39 is 7.14 Å². The molecule has 0 bridgehead atoms. The van der Waals surface area contributed by atoms with Crippen LogP contribution in [0.3, 0.4) is 0 Å². The van der Waals surface area contributed by atoms with E-state index in [9.17, 15) is 9.36 Å². The van der Waals surface area contributed by atoms with Crippen molar-refractivity contribution in [3.63, 3.8) is 0 Å². The molecule has 0 atom stereocenters. The molecule has 0 N–H and O–H groups in total. The van der Waals surface area contributed by atoms with Crippen LogP contribution < -0.4 is 10.6 Å². The summed E-state index contributed by atoms with van der Waals surface area (Å²) >= 11 is 6.83. The molecule has 0 fully saturated rings. The molecule has 0 amide bonds. The van der Waals surface area contributed by atoms with Crippen LogP contribution in [0.5, 0.6) is 0 Å². The number of carbonyl (C=O) groups is 1. The van der Waals surface area contributed by atoms with Crippen LogP contribution in [0.15, 0.2) is 87.8 Å². The molecule has 5 heteroatoms. The first-order chi connectivity index (χ1) is 11.5. The van der Waals surface area contributed by atoms with Crippen LogP contribution in [-0.2, 0) is 4.57 Å². The number of benzene rings is 3. The van der Waals surface area contributed by atoms with E-state index in [1.54, 1.807) is 60.7 Å². The molecule has 3 aromatic rings. The van der Waals surface area contributed by atoms with Gasteiger partial charge in [0, 0.05) is 19.6 Å². The van der Waals surface area contributed by atoms with Crippen molar-refractivity contribution in [1.82, 2.24) is 0 Å². The Morgan fingerprint density at radius 3 is 1.50 bits per heavy atom. The molecular formula is C19H13Br2O2P. The van der Waals surface area contributed by atoms with Gasteiger partial charge in [0.1, 0.15) is 0 Å². The van der Waals surface area contributed by atoms with Crippen LogP contribution in [0.1, 0.15) is 10.4 Å². The quantitative estimate of drug-likeness (QED) is 0.487. The van der Waals surface area contributed by atoms with Crippen molar-refractivity contribution in [3.05, 3.63) is 93.4 Å². The van der Waals surface area contributed by atoms with Crippen LogP contribution in [0, 0.1) is 0 Å². The number of hydrogen-bond acceptors (Lipinski definition) is 2. The predicted octanol–water partition coefficient (Wildman–Crippen LogP) is 5.37. The zero-order chi connectivity index (χ0) is 17.2. The van der Waals surface area contributed by atoms with E-state index in [1.807, 2.05) is 18.2 Å². The van der Waals surface area contributed by atoms with Crippen LogP contribution in [0.2, 0.25) is 0 Å². The van der Waals surface area contributed by atoms with Gasteiger partial charge in [-0.15, -0.1) is 0 Å². The fourth-order valence-electron chi connectivity index (χ4n) is 2.52. The molecule has 0 saturated heterocycles. The number of rotatable bonds is 4. The molecular weight excluding hydrogens is 451 g/mol. The standard InChI is InChI=1S/C19H13Br2O2P/c20-16-12-7-13-17(21)18(16)19(22)24(23,14-8-3-1-4-9-14)15-10-5-2-6-11-15/h1-13H. The Balaban J connectivity index is 2.28. The lowest BCUT2D eigenvalue weighted by Crippen LogP contribution is -2.23. The minimum absolute atomic E-state index is 0.390. The van der Waals surface area contributed by atoms with E-state index >= 15 is 0 Å². The van der Waals surface area contributed by atoms with Gasteiger partial charge in [0.05, 0.1) is 5.56 Å². The SMILES string of the molecule is O=C(c1c(Br)cccc1Br)P(=O)(c1ccccc1)c1ccccc1. The molecule has 3 aromatic carbocycles. The topological polar surface area (TPSA) is 34.1 Å². The highest BCUT2D eigenvalue weighted by Gasteiger charge is 2.38. The van der Waals surface area contributed by atoms with Crippen molar-refractivity contribution in [1.29, 1.82) is 0 Å². The van der Waals surface area contributed by atoms with Gasteiger partial charge in [0.2, 0.25) is 12.7 Å². The first-order valence-electron chi connectivity index (χ1n) is 7.25. The Morgan fingerprint density at radius 2 is 1.08 bits per heavy atom. The largest absolute Gasteiger partial charge is 0.305 e. The lowest BCUT2D eigenvalue weighted by atomic mass is 10.2. The van der Waals surface area contributed by atoms with E-state index in [1.165, 1.54) is 0 Å². The Bertz CT molecular complexity index is 861. The van der Waals surface area contributed by atoms with Crippen LogP contribution >= 0.6 is 39.0 Å². The lowest BCUT2D eigenvalue weighted by Gasteiger charge is -2.19. The van der Waals surface area contributed by atoms with Gasteiger partial charge >= 0.3 is 0 Å². The van der Waals surface area contributed by atoms with Gasteiger partial charge in [-0.1, -0.05) is 66.7 Å². The van der Waals surface area contributed by atoms with Crippen molar-refractivity contribution < 1.29 is 9.36 Å². The summed E-state index contributed by atoms with van der Waals surface area (Å²) in [6.45, 7) is 0. The van der Waals surface area contributed by atoms with Crippen molar-refractivity contribution in [2.45, 2.75) is 0 Å². The molecule has 0 aliphatic carbocycles. The zero-order valence-corrected chi connectivity index (χ0v) is 16.6. The third kappa shape index (κ3) is 3.06. The van der Waals surface area contributed by atoms with Crippen LogP contribution in [0.25, 0.3) is 0 Å². The lowest BCUT2D eigenvalue weighted by molar-refractivity contribution is 0.107. The first-order valence-corrected chi connectivity index (χ1v) is 10.5.